The Balaban J connectivity index is 3.44. The summed E-state index contributed by atoms with van der Waals surface area (Å²) in [7, 11) is 0. The van der Waals surface area contributed by atoms with Crippen LogP contribution in [0.15, 0.2) is 23.9 Å². The molecule has 2 N–H and O–H groups in total. The highest BCUT2D eigenvalue weighted by molar-refractivity contribution is 14.1. The molecule has 0 saturated carbocycles. The van der Waals surface area contributed by atoms with Gasteiger partial charge in [0.1, 0.15) is 5.57 Å². The van der Waals surface area contributed by atoms with Crippen LogP contribution in [0, 0.1) is 13.7 Å². The molecule has 0 aliphatic carbocycles. The van der Waals surface area contributed by atoms with Gasteiger partial charge >= 0.3 is 5.97 Å². The molecule has 0 aliphatic rings. The molecule has 136 valence electrons. The predicted molar refractivity (Wildman–Crippen MR) is 108 cm³/mol. The number of alkyl halides is 1. The lowest BCUT2D eigenvalue weighted by atomic mass is 9.98. The Labute approximate surface area is 171 Å². The fourth-order valence-electron chi connectivity index (χ4n) is 1.94. The number of carbonyl (C=O) groups excluding carboxylic acids is 2. The molecular weight excluding hydrogens is 558 g/mol. The van der Waals surface area contributed by atoms with Crippen LogP contribution in [0.25, 0.3) is 0 Å². The Morgan fingerprint density at radius 3 is 2.64 bits per heavy atom. The van der Waals surface area contributed by atoms with Gasteiger partial charge in [0.25, 0.3) is 5.69 Å². The minimum atomic E-state index is -0.834. The van der Waals surface area contributed by atoms with Crippen LogP contribution in [0.5, 0.6) is 0 Å². The molecule has 10 heteroatoms. The number of rotatable bonds is 9. The minimum absolute atomic E-state index is 0.0784. The van der Waals surface area contributed by atoms with Crippen molar-refractivity contribution in [3.05, 3.63) is 48.7 Å². The monoisotopic (exact) mass is 574 g/mol. The summed E-state index contributed by atoms with van der Waals surface area (Å²) in [5, 5.41) is 22.7. The quantitative estimate of drug-likeness (QED) is 0.0445. The Morgan fingerprint density at radius 2 is 2.12 bits per heavy atom. The third kappa shape index (κ3) is 5.88. The average molecular weight is 574 g/mol. The summed E-state index contributed by atoms with van der Waals surface area (Å²) in [6.07, 6.45) is 1.17. The molecule has 0 bridgehead atoms. The lowest BCUT2D eigenvalue weighted by Gasteiger charge is -2.11. The standard InChI is InChI=1S/C15H16I2N2O6/c1-2-25-15(22)12(8-18-3-4-20)14(21)10-5-9(17)6-13(19(23)24)11(10)7-16/h5-6,8,18,20H,2-4,7H2,1H3. The number of Topliss-reactive ketones (excluding diaryl/α,β-unsaturated/α-hetero) is 1. The number of nitro groups is 1. The Morgan fingerprint density at radius 1 is 1.44 bits per heavy atom. The van der Waals surface area contributed by atoms with Crippen molar-refractivity contribution in [2.75, 3.05) is 19.8 Å². The van der Waals surface area contributed by atoms with Crippen molar-refractivity contribution >= 4 is 62.6 Å². The maximum atomic E-state index is 12.9. The number of aliphatic hydroxyl groups is 1. The molecule has 0 fully saturated rings. The van der Waals surface area contributed by atoms with E-state index in [1.807, 2.05) is 45.2 Å². The number of hydrogen-bond acceptors (Lipinski definition) is 7. The molecule has 0 heterocycles. The van der Waals surface area contributed by atoms with E-state index in [2.05, 4.69) is 5.32 Å². The SMILES string of the molecule is CCOC(=O)C(=CNCCO)C(=O)c1cc(I)cc([N+](=O)[O-])c1CI. The summed E-state index contributed by atoms with van der Waals surface area (Å²) < 4.78 is 5.63. The third-order valence-electron chi connectivity index (χ3n) is 3.01. The molecule has 0 aliphatic heterocycles. The summed E-state index contributed by atoms with van der Waals surface area (Å²) in [5.41, 5.74) is -0.125. The van der Waals surface area contributed by atoms with E-state index in [0.717, 1.165) is 0 Å². The highest BCUT2D eigenvalue weighted by atomic mass is 127. The largest absolute Gasteiger partial charge is 0.462 e. The van der Waals surface area contributed by atoms with E-state index in [1.54, 1.807) is 6.92 Å². The Kier molecular flexibility index (Phi) is 9.27. The van der Waals surface area contributed by atoms with Gasteiger partial charge in [-0.15, -0.1) is 0 Å². The van der Waals surface area contributed by atoms with Crippen LogP contribution in [-0.2, 0) is 14.0 Å². The number of carbonyl (C=O) groups is 2. The fourth-order valence-corrected chi connectivity index (χ4v) is 3.35. The van der Waals surface area contributed by atoms with Crippen LogP contribution >= 0.6 is 45.2 Å². The summed E-state index contributed by atoms with van der Waals surface area (Å²) in [5.74, 6) is -1.50. The predicted octanol–water partition coefficient (Wildman–Crippen LogP) is 2.35. The van der Waals surface area contributed by atoms with E-state index in [1.165, 1.54) is 18.3 Å². The van der Waals surface area contributed by atoms with Crippen LogP contribution in [0.2, 0.25) is 0 Å². The second-order valence-electron chi connectivity index (χ2n) is 4.63. The summed E-state index contributed by atoms with van der Waals surface area (Å²) in [6, 6.07) is 2.88. The average Bonchev–Trinajstić information content (AvgIpc) is 2.57. The van der Waals surface area contributed by atoms with Crippen molar-refractivity contribution in [3.63, 3.8) is 0 Å². The number of esters is 1. The van der Waals surface area contributed by atoms with E-state index in [4.69, 9.17) is 9.84 Å². The van der Waals surface area contributed by atoms with Gasteiger partial charge in [-0.2, -0.15) is 0 Å². The number of aliphatic hydroxyl groups excluding tert-OH is 1. The molecule has 0 amide bonds. The van der Waals surface area contributed by atoms with E-state index in [9.17, 15) is 19.7 Å². The lowest BCUT2D eigenvalue weighted by Crippen LogP contribution is -2.22. The van der Waals surface area contributed by atoms with Gasteiger partial charge in [-0.1, -0.05) is 22.6 Å². The van der Waals surface area contributed by atoms with E-state index in [-0.39, 0.29) is 46.6 Å². The minimum Gasteiger partial charge on any atom is -0.462 e. The van der Waals surface area contributed by atoms with Crippen LogP contribution in [-0.4, -0.2) is 41.5 Å². The van der Waals surface area contributed by atoms with Gasteiger partial charge in [-0.3, -0.25) is 14.9 Å². The third-order valence-corrected chi connectivity index (χ3v) is 4.39. The van der Waals surface area contributed by atoms with Crippen LogP contribution < -0.4 is 5.32 Å². The number of benzene rings is 1. The van der Waals surface area contributed by atoms with Crippen molar-refractivity contribution in [2.24, 2.45) is 0 Å². The van der Waals surface area contributed by atoms with Gasteiger partial charge < -0.3 is 15.2 Å². The number of ketones is 1. The fraction of sp³-hybridized carbons (Fsp3) is 0.333. The number of halogens is 2. The first kappa shape index (κ1) is 21.8. The number of nitrogens with one attached hydrogen (secondary N) is 1. The molecule has 1 rings (SSSR count). The Hall–Kier alpha value is -1.28. The molecule has 1 aromatic rings. The van der Waals surface area contributed by atoms with Crippen LogP contribution in [0.4, 0.5) is 5.69 Å². The van der Waals surface area contributed by atoms with Gasteiger partial charge in [-0.05, 0) is 35.6 Å². The topological polar surface area (TPSA) is 119 Å². The number of hydrogen-bond donors (Lipinski definition) is 2. The number of nitro benzene ring substituents is 1. The summed E-state index contributed by atoms with van der Waals surface area (Å²) >= 11 is 3.81. The van der Waals surface area contributed by atoms with Gasteiger partial charge in [0.15, 0.2) is 0 Å². The highest BCUT2D eigenvalue weighted by Crippen LogP contribution is 2.29. The van der Waals surface area contributed by atoms with Crippen molar-refractivity contribution in [1.29, 1.82) is 0 Å². The van der Waals surface area contributed by atoms with Gasteiger partial charge in [-0.25, -0.2) is 4.79 Å². The van der Waals surface area contributed by atoms with Crippen molar-refractivity contribution in [2.45, 2.75) is 11.4 Å². The zero-order valence-electron chi connectivity index (χ0n) is 13.3. The summed E-state index contributed by atoms with van der Waals surface area (Å²) in [4.78, 5) is 35.7. The first-order valence-corrected chi connectivity index (χ1v) is 9.76. The molecule has 0 aromatic heterocycles. The molecule has 0 atom stereocenters. The smallest absolute Gasteiger partial charge is 0.343 e. The maximum absolute atomic E-state index is 12.9. The van der Waals surface area contributed by atoms with Crippen molar-refractivity contribution < 1.29 is 24.4 Å². The van der Waals surface area contributed by atoms with Gasteiger partial charge in [0.05, 0.1) is 23.7 Å². The first-order valence-electron chi connectivity index (χ1n) is 7.16. The van der Waals surface area contributed by atoms with Crippen molar-refractivity contribution in [3.8, 4) is 0 Å². The second kappa shape index (κ2) is 10.7. The van der Waals surface area contributed by atoms with Gasteiger partial charge in [0, 0.05) is 32.4 Å². The Bertz CT molecular complexity index is 706. The molecule has 1 aromatic carbocycles. The van der Waals surface area contributed by atoms with Crippen molar-refractivity contribution in [1.82, 2.24) is 5.32 Å². The lowest BCUT2D eigenvalue weighted by molar-refractivity contribution is -0.385. The van der Waals surface area contributed by atoms with Gasteiger partial charge in [0.2, 0.25) is 5.78 Å². The molecule has 8 nitrogen and oxygen atoms in total. The maximum Gasteiger partial charge on any atom is 0.343 e. The number of ether oxygens (including phenoxy) is 1. The normalized spacial score (nSPS) is 11.1. The first-order chi connectivity index (χ1) is 11.9. The molecule has 0 radical (unpaired) electrons. The zero-order valence-corrected chi connectivity index (χ0v) is 17.6. The van der Waals surface area contributed by atoms with Crippen LogP contribution in [0.3, 0.4) is 0 Å². The summed E-state index contributed by atoms with van der Waals surface area (Å²) in [6.45, 7) is 1.64. The highest BCUT2D eigenvalue weighted by Gasteiger charge is 2.28. The van der Waals surface area contributed by atoms with E-state index in [0.29, 0.717) is 3.57 Å². The van der Waals surface area contributed by atoms with E-state index >= 15 is 0 Å². The number of nitrogens with zero attached hydrogens (tertiary/aromatic N) is 1. The molecule has 0 spiro atoms. The van der Waals surface area contributed by atoms with Crippen LogP contribution in [0.1, 0.15) is 22.8 Å². The zero-order chi connectivity index (χ0) is 19.0. The molecule has 0 unspecified atom stereocenters. The van der Waals surface area contributed by atoms with E-state index < -0.39 is 16.7 Å². The second-order valence-corrected chi connectivity index (χ2v) is 6.64. The molecular formula is C15H16I2N2O6. The molecule has 0 saturated heterocycles. The molecule has 25 heavy (non-hydrogen) atoms.